The van der Waals surface area contributed by atoms with Gasteiger partial charge in [-0.3, -0.25) is 19.6 Å². The molecule has 0 atom stereocenters. The molecule has 0 bridgehead atoms. The van der Waals surface area contributed by atoms with Crippen molar-refractivity contribution in [3.8, 4) is 0 Å². The van der Waals surface area contributed by atoms with Gasteiger partial charge < -0.3 is 4.98 Å². The molecular weight excluding hydrogens is 302 g/mol. The Hall–Kier alpha value is -3.34. The summed E-state index contributed by atoms with van der Waals surface area (Å²) in [6.45, 7) is 1.42. The predicted molar refractivity (Wildman–Crippen MR) is 91.3 cm³/mol. The van der Waals surface area contributed by atoms with Crippen molar-refractivity contribution < 1.29 is 9.59 Å². The zero-order valence-corrected chi connectivity index (χ0v) is 12.9. The first-order chi connectivity index (χ1) is 11.7. The Bertz CT molecular complexity index is 1110. The van der Waals surface area contributed by atoms with Crippen LogP contribution in [0.4, 0.5) is 0 Å². The van der Waals surface area contributed by atoms with Crippen molar-refractivity contribution in [2.45, 2.75) is 6.92 Å². The lowest BCUT2D eigenvalue weighted by atomic mass is 10.00. The Balaban J connectivity index is 1.97. The summed E-state index contributed by atoms with van der Waals surface area (Å²) in [5.74, 6) is -0.491. The van der Waals surface area contributed by atoms with Crippen LogP contribution in [0, 0.1) is 0 Å². The Morgan fingerprint density at radius 2 is 1.79 bits per heavy atom. The number of rotatable bonds is 3. The lowest BCUT2D eigenvalue weighted by Crippen LogP contribution is -2.10. The molecule has 0 unspecified atom stereocenters. The molecule has 4 rings (SSSR count). The molecule has 0 aliphatic carbocycles. The summed E-state index contributed by atoms with van der Waals surface area (Å²) in [5, 5.41) is 1.97. The van der Waals surface area contributed by atoms with Crippen molar-refractivity contribution in [3.63, 3.8) is 0 Å². The van der Waals surface area contributed by atoms with Crippen molar-refractivity contribution in [2.75, 3.05) is 0 Å². The molecule has 0 aliphatic rings. The van der Waals surface area contributed by atoms with Crippen molar-refractivity contribution in [3.05, 3.63) is 71.8 Å². The van der Waals surface area contributed by atoms with Crippen molar-refractivity contribution in [2.24, 2.45) is 0 Å². The van der Waals surface area contributed by atoms with Crippen LogP contribution in [-0.4, -0.2) is 26.5 Å². The van der Waals surface area contributed by atoms with Gasteiger partial charge in [-0.05, 0) is 25.1 Å². The molecule has 5 heteroatoms. The number of hydrogen-bond donors (Lipinski definition) is 1. The van der Waals surface area contributed by atoms with E-state index in [-0.39, 0.29) is 11.6 Å². The van der Waals surface area contributed by atoms with E-state index in [2.05, 4.69) is 15.0 Å². The number of nitrogens with zero attached hydrogens (tertiary/aromatic N) is 2. The van der Waals surface area contributed by atoms with Gasteiger partial charge in [0.25, 0.3) is 0 Å². The van der Waals surface area contributed by atoms with Gasteiger partial charge in [-0.2, -0.15) is 0 Å². The van der Waals surface area contributed by atoms with Crippen LogP contribution in [0.2, 0.25) is 0 Å². The smallest absolute Gasteiger partial charge is 0.214 e. The average molecular weight is 315 g/mol. The second-order valence-electron chi connectivity index (χ2n) is 5.56. The van der Waals surface area contributed by atoms with E-state index < -0.39 is 0 Å². The van der Waals surface area contributed by atoms with Gasteiger partial charge in [0.05, 0.1) is 5.52 Å². The molecule has 24 heavy (non-hydrogen) atoms. The zero-order valence-electron chi connectivity index (χ0n) is 12.9. The number of aromatic amines is 1. The van der Waals surface area contributed by atoms with E-state index in [1.165, 1.54) is 19.3 Å². The number of fused-ring (bicyclic) bond motifs is 3. The molecule has 0 spiro atoms. The van der Waals surface area contributed by atoms with Crippen LogP contribution in [0.1, 0.15) is 33.3 Å². The molecule has 0 saturated carbocycles. The minimum atomic E-state index is -0.292. The molecule has 0 saturated heterocycles. The van der Waals surface area contributed by atoms with E-state index in [4.69, 9.17) is 0 Å². The maximum atomic E-state index is 13.0. The van der Waals surface area contributed by atoms with E-state index in [9.17, 15) is 9.59 Å². The Labute approximate surface area is 137 Å². The summed E-state index contributed by atoms with van der Waals surface area (Å²) in [4.78, 5) is 36.3. The third kappa shape index (κ3) is 2.10. The topological polar surface area (TPSA) is 75.7 Å². The van der Waals surface area contributed by atoms with Crippen LogP contribution in [0.3, 0.4) is 0 Å². The van der Waals surface area contributed by atoms with Gasteiger partial charge in [-0.15, -0.1) is 0 Å². The highest BCUT2D eigenvalue weighted by Gasteiger charge is 2.21. The lowest BCUT2D eigenvalue weighted by Gasteiger charge is -2.05. The van der Waals surface area contributed by atoms with Gasteiger partial charge in [0.2, 0.25) is 5.78 Å². The van der Waals surface area contributed by atoms with Crippen molar-refractivity contribution in [1.29, 1.82) is 0 Å². The van der Waals surface area contributed by atoms with E-state index in [1.807, 2.05) is 30.3 Å². The summed E-state index contributed by atoms with van der Waals surface area (Å²) in [5.41, 5.74) is 2.54. The monoisotopic (exact) mass is 315 g/mol. The Morgan fingerprint density at radius 3 is 2.62 bits per heavy atom. The summed E-state index contributed by atoms with van der Waals surface area (Å²) in [7, 11) is 0. The van der Waals surface area contributed by atoms with Crippen LogP contribution >= 0.6 is 0 Å². The minimum Gasteiger partial charge on any atom is -0.353 e. The highest BCUT2D eigenvalue weighted by Crippen LogP contribution is 2.27. The number of hydrogen-bond acceptors (Lipinski definition) is 4. The first-order valence-corrected chi connectivity index (χ1v) is 7.52. The predicted octanol–water partition coefficient (Wildman–Crippen LogP) is 3.54. The van der Waals surface area contributed by atoms with Gasteiger partial charge in [0, 0.05) is 46.0 Å². The molecule has 0 aliphatic heterocycles. The number of carbonyl (C=O) groups is 2. The lowest BCUT2D eigenvalue weighted by molar-refractivity contribution is 0.0989. The maximum Gasteiger partial charge on any atom is 0.214 e. The number of carbonyl (C=O) groups excluding carboxylic acids is 2. The first kappa shape index (κ1) is 14.3. The van der Waals surface area contributed by atoms with Gasteiger partial charge in [-0.25, -0.2) is 0 Å². The van der Waals surface area contributed by atoms with Crippen LogP contribution in [0.5, 0.6) is 0 Å². The summed E-state index contributed by atoms with van der Waals surface area (Å²) in [6.07, 6.45) is 4.54. The molecule has 0 radical (unpaired) electrons. The van der Waals surface area contributed by atoms with Crippen LogP contribution in [-0.2, 0) is 0 Å². The fourth-order valence-electron chi connectivity index (χ4n) is 2.95. The van der Waals surface area contributed by atoms with Gasteiger partial charge in [0.15, 0.2) is 5.78 Å². The number of para-hydroxylation sites is 1. The molecule has 5 nitrogen and oxygen atoms in total. The SMILES string of the molecule is CC(=O)c1cnccc1C(=O)c1nccc2c1[nH]c1ccccc12. The number of H-pyrrole nitrogens is 1. The van der Waals surface area contributed by atoms with Crippen LogP contribution in [0.25, 0.3) is 21.8 Å². The van der Waals surface area contributed by atoms with Gasteiger partial charge in [0.1, 0.15) is 5.69 Å². The zero-order chi connectivity index (χ0) is 16.7. The minimum absolute atomic E-state index is 0.199. The van der Waals surface area contributed by atoms with Crippen LogP contribution < -0.4 is 0 Å². The third-order valence-electron chi connectivity index (χ3n) is 4.09. The third-order valence-corrected chi connectivity index (χ3v) is 4.09. The molecule has 0 fully saturated rings. The van der Waals surface area contributed by atoms with Crippen LogP contribution in [0.15, 0.2) is 55.0 Å². The van der Waals surface area contributed by atoms with E-state index in [1.54, 1.807) is 12.3 Å². The first-order valence-electron chi connectivity index (χ1n) is 7.52. The molecule has 3 aromatic heterocycles. The van der Waals surface area contributed by atoms with E-state index in [0.29, 0.717) is 22.3 Å². The largest absolute Gasteiger partial charge is 0.353 e. The highest BCUT2D eigenvalue weighted by atomic mass is 16.1. The summed E-state index contributed by atoms with van der Waals surface area (Å²) in [6, 6.07) is 11.3. The Kier molecular flexibility index (Phi) is 3.20. The number of aromatic nitrogens is 3. The van der Waals surface area contributed by atoms with Gasteiger partial charge >= 0.3 is 0 Å². The van der Waals surface area contributed by atoms with Gasteiger partial charge in [-0.1, -0.05) is 18.2 Å². The normalized spacial score (nSPS) is 11.0. The molecule has 1 N–H and O–H groups in total. The Morgan fingerprint density at radius 1 is 0.958 bits per heavy atom. The average Bonchev–Trinajstić information content (AvgIpc) is 3.00. The number of pyridine rings is 2. The summed E-state index contributed by atoms with van der Waals surface area (Å²) < 4.78 is 0. The quantitative estimate of drug-likeness (QED) is 0.587. The molecule has 0 amide bonds. The standard InChI is InChI=1S/C19H13N3O2/c1-11(23)15-10-20-8-6-14(15)19(24)18-17-13(7-9-21-18)12-4-2-3-5-16(12)22-17/h2-10,22H,1H3. The van der Waals surface area contributed by atoms with E-state index in [0.717, 1.165) is 16.3 Å². The number of benzene rings is 1. The molecule has 3 heterocycles. The second kappa shape index (κ2) is 5.38. The van der Waals surface area contributed by atoms with Crippen molar-refractivity contribution >= 4 is 33.4 Å². The molecule has 1 aromatic carbocycles. The fraction of sp³-hybridized carbons (Fsp3) is 0.0526. The number of nitrogens with one attached hydrogen (secondary N) is 1. The number of Topliss-reactive ketones (excluding diaryl/α,β-unsaturated/α-hetero) is 1. The van der Waals surface area contributed by atoms with Crippen molar-refractivity contribution in [1.82, 2.24) is 15.0 Å². The second-order valence-corrected chi connectivity index (χ2v) is 5.56. The molecular formula is C19H13N3O2. The number of ketones is 2. The summed E-state index contributed by atoms with van der Waals surface area (Å²) >= 11 is 0. The fourth-order valence-corrected chi connectivity index (χ4v) is 2.95. The maximum absolute atomic E-state index is 13.0. The molecule has 116 valence electrons. The molecule has 4 aromatic rings. The highest BCUT2D eigenvalue weighted by molar-refractivity contribution is 6.21. The van der Waals surface area contributed by atoms with E-state index >= 15 is 0 Å².